The largest absolute Gasteiger partial charge is 0.394 e. The number of nitriles is 4. The molecule has 13 nitrogen and oxygen atoms in total. The number of anilines is 1. The predicted molar refractivity (Wildman–Crippen MR) is 165 cm³/mol. The summed E-state index contributed by atoms with van der Waals surface area (Å²) in [5, 5.41) is 74.4. The minimum Gasteiger partial charge on any atom is -0.394 e. The van der Waals surface area contributed by atoms with Crippen molar-refractivity contribution < 1.29 is 19.7 Å². The quantitative estimate of drug-likeness (QED) is 0.151. The van der Waals surface area contributed by atoms with Gasteiger partial charge in [-0.1, -0.05) is 0 Å². The second-order valence-corrected chi connectivity index (χ2v) is 11.1. The number of ether oxygens (including phenoxy) is 2. The van der Waals surface area contributed by atoms with Crippen molar-refractivity contribution in [2.75, 3.05) is 57.6 Å². The number of hydrogen-bond acceptors (Lipinski definition) is 15. The third-order valence-electron chi connectivity index (χ3n) is 6.30. The summed E-state index contributed by atoms with van der Waals surface area (Å²) in [7, 11) is 0. The number of rotatable bonds is 15. The van der Waals surface area contributed by atoms with Crippen molar-refractivity contribution in [2.45, 2.75) is 20.8 Å². The predicted octanol–water partition coefficient (Wildman–Crippen LogP) is 5.88. The highest BCUT2D eigenvalue weighted by Crippen LogP contribution is 2.41. The summed E-state index contributed by atoms with van der Waals surface area (Å²) in [4.78, 5) is 2.71. The van der Waals surface area contributed by atoms with Crippen LogP contribution in [-0.4, -0.2) is 62.9 Å². The number of aryl methyl sites for hydroxylation is 1. The van der Waals surface area contributed by atoms with Gasteiger partial charge in [0.15, 0.2) is 10.0 Å². The summed E-state index contributed by atoms with van der Waals surface area (Å²) in [5.41, 5.74) is 3.82. The number of benzene rings is 1. The van der Waals surface area contributed by atoms with Crippen LogP contribution in [0.5, 0.6) is 0 Å². The van der Waals surface area contributed by atoms with E-state index < -0.39 is 0 Å². The fraction of sp³-hybridized carbons (Fsp3) is 0.379. The van der Waals surface area contributed by atoms with Gasteiger partial charge in [-0.2, -0.15) is 21.0 Å². The number of hydrogen-bond donors (Lipinski definition) is 2. The highest BCUT2D eigenvalue weighted by Gasteiger charge is 2.19. The first-order valence-electron chi connectivity index (χ1n) is 13.3. The fourth-order valence-electron chi connectivity index (χ4n) is 3.96. The minimum absolute atomic E-state index is 0.114. The number of azo groups is 2. The molecule has 1 aromatic carbocycles. The zero-order chi connectivity index (χ0) is 32.1. The average Bonchev–Trinajstić information content (AvgIpc) is 3.52. The van der Waals surface area contributed by atoms with E-state index >= 15 is 0 Å². The molecule has 0 aliphatic heterocycles. The summed E-state index contributed by atoms with van der Waals surface area (Å²) in [5.74, 6) is 0. The third kappa shape index (κ3) is 8.28. The highest BCUT2D eigenvalue weighted by molar-refractivity contribution is 7.17. The second kappa shape index (κ2) is 16.9. The van der Waals surface area contributed by atoms with E-state index in [0.717, 1.165) is 28.2 Å². The minimum atomic E-state index is -0.114. The molecule has 44 heavy (non-hydrogen) atoms. The smallest absolute Gasteiger partial charge is 0.158 e. The summed E-state index contributed by atoms with van der Waals surface area (Å²) in [6.07, 6.45) is 0. The van der Waals surface area contributed by atoms with Crippen molar-refractivity contribution in [1.29, 1.82) is 21.0 Å². The van der Waals surface area contributed by atoms with Crippen molar-refractivity contribution in [1.82, 2.24) is 0 Å². The van der Waals surface area contributed by atoms with Crippen molar-refractivity contribution in [3.05, 3.63) is 49.7 Å². The Kier molecular flexibility index (Phi) is 13.0. The number of nitrogens with zero attached hydrogens (tertiary/aromatic N) is 9. The lowest BCUT2D eigenvalue weighted by Crippen LogP contribution is -2.31. The maximum Gasteiger partial charge on any atom is 0.158 e. The van der Waals surface area contributed by atoms with Crippen LogP contribution >= 0.6 is 22.7 Å². The van der Waals surface area contributed by atoms with Gasteiger partial charge in [0.25, 0.3) is 0 Å². The molecule has 0 radical (unpaired) electrons. The molecule has 0 fully saturated rings. The van der Waals surface area contributed by atoms with Gasteiger partial charge in [0.1, 0.15) is 39.7 Å². The fourth-order valence-corrected chi connectivity index (χ4v) is 5.71. The van der Waals surface area contributed by atoms with E-state index in [9.17, 15) is 21.0 Å². The molecule has 0 saturated carbocycles. The van der Waals surface area contributed by atoms with Gasteiger partial charge in [0.05, 0.1) is 62.1 Å². The summed E-state index contributed by atoms with van der Waals surface area (Å²) >= 11 is 2.14. The Bertz CT molecular complexity index is 1690. The van der Waals surface area contributed by atoms with Crippen LogP contribution in [0.3, 0.4) is 0 Å². The van der Waals surface area contributed by atoms with Gasteiger partial charge < -0.3 is 24.6 Å². The molecule has 0 saturated heterocycles. The molecule has 0 bridgehead atoms. The second-order valence-electron chi connectivity index (χ2n) is 9.11. The van der Waals surface area contributed by atoms with Gasteiger partial charge in [0, 0.05) is 13.1 Å². The lowest BCUT2D eigenvalue weighted by molar-refractivity contribution is 0.0884. The van der Waals surface area contributed by atoms with E-state index in [1.165, 1.54) is 0 Å². The molecule has 0 spiro atoms. The molecule has 3 aromatic rings. The Labute approximate surface area is 262 Å². The van der Waals surface area contributed by atoms with Crippen LogP contribution < -0.4 is 4.90 Å². The van der Waals surface area contributed by atoms with Crippen LogP contribution in [0, 0.1) is 66.1 Å². The Morgan fingerprint density at radius 2 is 1.16 bits per heavy atom. The SMILES string of the molecule is Cc1cc(N(CCOCCO)CCOCCO)c(/N=N/c2sc(C#N)c(C)c2C#N)cc1/N=N/c1sc(C#N)c(C)c1C#N. The Balaban J connectivity index is 2.12. The molecule has 226 valence electrons. The Morgan fingerprint density at radius 1 is 0.682 bits per heavy atom. The molecule has 2 aromatic heterocycles. The monoisotopic (exact) mass is 631 g/mol. The Hall–Kier alpha value is -4.58. The van der Waals surface area contributed by atoms with Gasteiger partial charge >= 0.3 is 0 Å². The van der Waals surface area contributed by atoms with Gasteiger partial charge in [-0.25, -0.2) is 0 Å². The first-order chi connectivity index (χ1) is 21.3. The third-order valence-corrected chi connectivity index (χ3v) is 8.46. The van der Waals surface area contributed by atoms with E-state index in [0.29, 0.717) is 69.2 Å². The van der Waals surface area contributed by atoms with Gasteiger partial charge in [-0.05, 0) is 49.6 Å². The van der Waals surface area contributed by atoms with Crippen LogP contribution in [0.4, 0.5) is 27.1 Å². The normalized spacial score (nSPS) is 11.0. The lowest BCUT2D eigenvalue weighted by atomic mass is 10.1. The van der Waals surface area contributed by atoms with E-state index in [-0.39, 0.29) is 42.6 Å². The van der Waals surface area contributed by atoms with Crippen LogP contribution in [0.25, 0.3) is 0 Å². The standard InChI is InChI=1S/C29H29N9O4S2/c1-18-12-25(38(4-8-41-10-6-39)5-9-42-11-7-40)24(35-37-29-22(15-31)20(3)27(17-33)44-29)13-23(18)34-36-28-21(14-30)19(2)26(16-32)43-28/h12-13,39-40H,4-11H2,1-3H3/b36-34+,37-35+. The van der Waals surface area contributed by atoms with E-state index in [1.807, 2.05) is 17.9 Å². The molecule has 0 unspecified atom stereocenters. The number of aliphatic hydroxyl groups is 2. The average molecular weight is 632 g/mol. The molecular weight excluding hydrogens is 603 g/mol. The summed E-state index contributed by atoms with van der Waals surface area (Å²) in [6, 6.07) is 11.8. The first-order valence-corrected chi connectivity index (χ1v) is 14.9. The summed E-state index contributed by atoms with van der Waals surface area (Å²) in [6.45, 7) is 6.73. The molecular formula is C29H29N9O4S2. The zero-order valence-electron chi connectivity index (χ0n) is 24.4. The lowest BCUT2D eigenvalue weighted by Gasteiger charge is -2.26. The number of aliphatic hydroxyl groups excluding tert-OH is 2. The van der Waals surface area contributed by atoms with Crippen molar-refractivity contribution in [3.8, 4) is 24.3 Å². The zero-order valence-corrected chi connectivity index (χ0v) is 26.0. The topological polar surface area (TPSA) is 207 Å². The molecule has 2 N–H and O–H groups in total. The Morgan fingerprint density at radius 3 is 1.59 bits per heavy atom. The maximum absolute atomic E-state index is 9.67. The van der Waals surface area contributed by atoms with Gasteiger partial charge in [0.2, 0.25) is 0 Å². The van der Waals surface area contributed by atoms with Crippen LogP contribution in [-0.2, 0) is 9.47 Å². The van der Waals surface area contributed by atoms with Gasteiger partial charge in [-0.15, -0.1) is 43.1 Å². The first kappa shape index (κ1) is 33.9. The molecule has 3 rings (SSSR count). The van der Waals surface area contributed by atoms with Crippen molar-refractivity contribution >= 4 is 49.7 Å². The molecule has 0 amide bonds. The molecule has 15 heteroatoms. The molecule has 0 atom stereocenters. The molecule has 2 heterocycles. The van der Waals surface area contributed by atoms with E-state index in [1.54, 1.807) is 19.9 Å². The highest BCUT2D eigenvalue weighted by atomic mass is 32.1. The van der Waals surface area contributed by atoms with Crippen molar-refractivity contribution in [3.63, 3.8) is 0 Å². The van der Waals surface area contributed by atoms with E-state index in [2.05, 4.69) is 44.7 Å². The van der Waals surface area contributed by atoms with E-state index in [4.69, 9.17) is 19.7 Å². The molecule has 0 aliphatic rings. The van der Waals surface area contributed by atoms with Gasteiger partial charge in [-0.3, -0.25) is 0 Å². The molecule has 0 aliphatic carbocycles. The van der Waals surface area contributed by atoms with Crippen LogP contribution in [0.2, 0.25) is 0 Å². The van der Waals surface area contributed by atoms with Crippen molar-refractivity contribution in [2.24, 2.45) is 20.5 Å². The van der Waals surface area contributed by atoms with Crippen LogP contribution in [0.1, 0.15) is 37.6 Å². The maximum atomic E-state index is 9.67. The van der Waals surface area contributed by atoms with Crippen LogP contribution in [0.15, 0.2) is 32.6 Å². The summed E-state index contributed by atoms with van der Waals surface area (Å²) < 4.78 is 11.0. The number of thiophene rings is 2.